The third kappa shape index (κ3) is 5.72. The van der Waals surface area contributed by atoms with Crippen LogP contribution in [0.5, 0.6) is 0 Å². The van der Waals surface area contributed by atoms with Crippen molar-refractivity contribution in [3.63, 3.8) is 0 Å². The average Bonchev–Trinajstić information content (AvgIpc) is 3.47. The summed E-state index contributed by atoms with van der Waals surface area (Å²) in [6, 6.07) is 4.61. The van der Waals surface area contributed by atoms with Crippen LogP contribution in [-0.2, 0) is 15.7 Å². The van der Waals surface area contributed by atoms with Crippen LogP contribution in [-0.4, -0.2) is 78.4 Å². The Morgan fingerprint density at radius 1 is 1.34 bits per heavy atom. The number of carbonyl (C=O) groups is 1. The zero-order chi connectivity index (χ0) is 25.0. The van der Waals surface area contributed by atoms with Crippen molar-refractivity contribution in [3.05, 3.63) is 41.7 Å². The van der Waals surface area contributed by atoms with E-state index < -0.39 is 17.7 Å². The van der Waals surface area contributed by atoms with Crippen molar-refractivity contribution < 1.29 is 27.4 Å². The van der Waals surface area contributed by atoms with Crippen LogP contribution in [0.1, 0.15) is 22.3 Å². The van der Waals surface area contributed by atoms with E-state index in [-0.39, 0.29) is 28.8 Å². The van der Waals surface area contributed by atoms with Crippen LogP contribution in [0.15, 0.2) is 30.6 Å². The van der Waals surface area contributed by atoms with Crippen molar-refractivity contribution in [3.8, 4) is 11.3 Å². The van der Waals surface area contributed by atoms with E-state index in [0.29, 0.717) is 37.2 Å². The van der Waals surface area contributed by atoms with Crippen molar-refractivity contribution in [1.82, 2.24) is 19.9 Å². The Balaban J connectivity index is 1.57. The highest BCUT2D eigenvalue weighted by Gasteiger charge is 2.36. The lowest BCUT2D eigenvalue weighted by atomic mass is 10.0. The average molecular weight is 493 g/mol. The molecule has 2 aromatic heterocycles. The second-order valence-corrected chi connectivity index (χ2v) is 8.24. The maximum absolute atomic E-state index is 13.8. The number of esters is 1. The highest BCUT2D eigenvalue weighted by atomic mass is 19.4. The lowest BCUT2D eigenvalue weighted by molar-refractivity contribution is -0.137. The first-order chi connectivity index (χ1) is 16.8. The van der Waals surface area contributed by atoms with Crippen LogP contribution in [0.3, 0.4) is 0 Å². The van der Waals surface area contributed by atoms with Crippen LogP contribution in [0, 0.1) is 0 Å². The maximum Gasteiger partial charge on any atom is 0.419 e. The van der Waals surface area contributed by atoms with E-state index in [4.69, 9.17) is 15.2 Å². The summed E-state index contributed by atoms with van der Waals surface area (Å²) in [5.41, 5.74) is 5.28. The number of aromatic nitrogens is 3. The highest BCUT2D eigenvalue weighted by molar-refractivity contribution is 6.00. The maximum atomic E-state index is 13.8. The molecule has 0 saturated carbocycles. The van der Waals surface area contributed by atoms with Gasteiger partial charge in [0.1, 0.15) is 5.56 Å². The number of carbonyl (C=O) groups excluding carboxylic acids is 1. The summed E-state index contributed by atoms with van der Waals surface area (Å²) in [5.74, 6) is -0.413. The number of hydrogen-bond donors (Lipinski definition) is 3. The molecule has 4 rings (SSSR count). The van der Waals surface area contributed by atoms with Crippen molar-refractivity contribution in [1.29, 1.82) is 0 Å². The van der Waals surface area contributed by atoms with Crippen molar-refractivity contribution in [2.24, 2.45) is 5.73 Å². The number of halogens is 3. The molecule has 0 unspecified atom stereocenters. The molecule has 0 amide bonds. The van der Waals surface area contributed by atoms with Crippen LogP contribution in [0.4, 0.5) is 19.1 Å². The van der Waals surface area contributed by atoms with E-state index >= 15 is 0 Å². The van der Waals surface area contributed by atoms with Crippen LogP contribution in [0.25, 0.3) is 22.2 Å². The van der Waals surface area contributed by atoms with E-state index in [1.807, 2.05) is 0 Å². The zero-order valence-corrected chi connectivity index (χ0v) is 19.2. The van der Waals surface area contributed by atoms with Gasteiger partial charge in [-0.25, -0.2) is 14.8 Å². The van der Waals surface area contributed by atoms with E-state index in [1.54, 1.807) is 6.07 Å². The van der Waals surface area contributed by atoms with Gasteiger partial charge in [-0.1, -0.05) is 6.07 Å². The second kappa shape index (κ2) is 10.6. The second-order valence-electron chi connectivity index (χ2n) is 8.24. The van der Waals surface area contributed by atoms with E-state index in [9.17, 15) is 18.0 Å². The fraction of sp³-hybridized carbons (Fsp3) is 0.435. The number of hydrogen-bond acceptors (Lipinski definition) is 8. The molecule has 12 heteroatoms. The molecule has 9 nitrogen and oxygen atoms in total. The van der Waals surface area contributed by atoms with Gasteiger partial charge in [0.15, 0.2) is 0 Å². The van der Waals surface area contributed by atoms with Crippen LogP contribution in [0.2, 0.25) is 0 Å². The number of methoxy groups -OCH3 is 1. The molecule has 3 aromatic rings. The van der Waals surface area contributed by atoms with E-state index in [0.717, 1.165) is 25.7 Å². The Morgan fingerprint density at radius 2 is 2.17 bits per heavy atom. The van der Waals surface area contributed by atoms with Crippen LogP contribution < -0.4 is 11.1 Å². The van der Waals surface area contributed by atoms with Gasteiger partial charge in [-0.05, 0) is 18.6 Å². The number of alkyl halides is 3. The number of likely N-dealkylation sites (tertiary alicyclic amines) is 1. The number of nitrogens with zero attached hydrogens (tertiary/aromatic N) is 3. The molecule has 0 radical (unpaired) electrons. The molecule has 188 valence electrons. The molecule has 0 aliphatic carbocycles. The topological polar surface area (TPSA) is 118 Å². The molecule has 1 saturated heterocycles. The summed E-state index contributed by atoms with van der Waals surface area (Å²) in [6.45, 7) is 3.84. The molecular weight excluding hydrogens is 465 g/mol. The van der Waals surface area contributed by atoms with Crippen LogP contribution >= 0.6 is 0 Å². The van der Waals surface area contributed by atoms with Crippen molar-refractivity contribution >= 4 is 22.8 Å². The van der Waals surface area contributed by atoms with Gasteiger partial charge in [-0.2, -0.15) is 13.2 Å². The van der Waals surface area contributed by atoms with Gasteiger partial charge in [0.05, 0.1) is 31.6 Å². The minimum Gasteiger partial charge on any atom is -0.465 e. The standard InChI is InChI=1S/C23H27F3N6O3/c1-34-21(33)14-2-3-16-17(11-28-19(16)10-14)20-18(23(24,25)26)12-29-22(31-20)30-15-4-6-32(13-15)7-9-35-8-5-27/h2-3,10-12,15,28H,4-9,13,27H2,1H3,(H,29,30,31)/t15-/m1/s1. The molecule has 1 fully saturated rings. The lowest BCUT2D eigenvalue weighted by Gasteiger charge is -2.18. The quantitative estimate of drug-likeness (QED) is 0.308. The minimum absolute atomic E-state index is 0.000298. The number of benzene rings is 1. The molecule has 3 heterocycles. The van der Waals surface area contributed by atoms with E-state index in [1.165, 1.54) is 25.4 Å². The number of nitrogens with one attached hydrogen (secondary N) is 2. The summed E-state index contributed by atoms with van der Waals surface area (Å²) in [4.78, 5) is 25.2. The summed E-state index contributed by atoms with van der Waals surface area (Å²) >= 11 is 0. The monoisotopic (exact) mass is 492 g/mol. The number of rotatable bonds is 9. The Kier molecular flexibility index (Phi) is 7.53. The third-order valence-corrected chi connectivity index (χ3v) is 5.87. The number of anilines is 1. The lowest BCUT2D eigenvalue weighted by Crippen LogP contribution is -2.30. The SMILES string of the molecule is COC(=O)c1ccc2c(-c3nc(N[C@@H]4CCN(CCOCCN)C4)ncc3C(F)(F)F)c[nH]c2c1. The fourth-order valence-electron chi connectivity index (χ4n) is 4.15. The molecule has 4 N–H and O–H groups in total. The molecule has 1 aliphatic heterocycles. The minimum atomic E-state index is -4.64. The first kappa shape index (κ1) is 24.9. The Bertz CT molecular complexity index is 1180. The van der Waals surface area contributed by atoms with Gasteiger partial charge in [-0.15, -0.1) is 0 Å². The Morgan fingerprint density at radius 3 is 2.91 bits per heavy atom. The Hall–Kier alpha value is -3.22. The highest BCUT2D eigenvalue weighted by Crippen LogP contribution is 2.39. The number of fused-ring (bicyclic) bond motifs is 1. The van der Waals surface area contributed by atoms with E-state index in [2.05, 4.69) is 25.2 Å². The smallest absolute Gasteiger partial charge is 0.419 e. The number of aromatic amines is 1. The largest absolute Gasteiger partial charge is 0.465 e. The van der Waals surface area contributed by atoms with Gasteiger partial charge in [0.2, 0.25) is 5.95 Å². The summed E-state index contributed by atoms with van der Waals surface area (Å²) < 4.78 is 51.6. The first-order valence-electron chi connectivity index (χ1n) is 11.2. The predicted octanol–water partition coefficient (Wildman–Crippen LogP) is 2.89. The summed E-state index contributed by atoms with van der Waals surface area (Å²) in [6.07, 6.45) is -1.58. The third-order valence-electron chi connectivity index (χ3n) is 5.87. The zero-order valence-electron chi connectivity index (χ0n) is 19.2. The van der Waals surface area contributed by atoms with Crippen molar-refractivity contribution in [2.75, 3.05) is 51.8 Å². The normalized spacial score (nSPS) is 16.7. The molecule has 1 aliphatic rings. The van der Waals surface area contributed by atoms with Gasteiger partial charge in [0, 0.05) is 61.1 Å². The molecule has 35 heavy (non-hydrogen) atoms. The summed E-state index contributed by atoms with van der Waals surface area (Å²) in [7, 11) is 1.26. The Labute approximate surface area is 199 Å². The molecule has 0 bridgehead atoms. The molecule has 1 atom stereocenters. The molecular formula is C23H27F3N6O3. The van der Waals surface area contributed by atoms with Gasteiger partial charge >= 0.3 is 12.1 Å². The predicted molar refractivity (Wildman–Crippen MR) is 124 cm³/mol. The number of H-pyrrole nitrogens is 1. The number of ether oxygens (including phenoxy) is 2. The fourth-order valence-corrected chi connectivity index (χ4v) is 4.15. The summed E-state index contributed by atoms with van der Waals surface area (Å²) in [5, 5.41) is 3.67. The van der Waals surface area contributed by atoms with Gasteiger partial charge < -0.3 is 25.5 Å². The molecule has 1 aromatic carbocycles. The molecule has 0 spiro atoms. The number of nitrogens with two attached hydrogens (primary N) is 1. The van der Waals surface area contributed by atoms with Gasteiger partial charge in [0.25, 0.3) is 0 Å². The first-order valence-corrected chi connectivity index (χ1v) is 11.2. The van der Waals surface area contributed by atoms with Gasteiger partial charge in [-0.3, -0.25) is 4.90 Å². The van der Waals surface area contributed by atoms with Crippen molar-refractivity contribution in [2.45, 2.75) is 18.6 Å².